The molecule has 8 heteroatoms. The second kappa shape index (κ2) is 5.76. The number of fused-ring (bicyclic) bond motifs is 2. The highest BCUT2D eigenvalue weighted by Gasteiger charge is 2.86. The first-order valence-electron chi connectivity index (χ1n) is 9.23. The van der Waals surface area contributed by atoms with E-state index in [4.69, 9.17) is 18.9 Å². The second-order valence-electron chi connectivity index (χ2n) is 8.45. The molecule has 3 fully saturated rings. The van der Waals surface area contributed by atoms with Gasteiger partial charge >= 0.3 is 11.9 Å². The van der Waals surface area contributed by atoms with Crippen LogP contribution in [0.15, 0.2) is 11.6 Å². The standard InChI is InChI=1S/C19H26O8/c1-9-5-13-18(6-12(9)22,7-24-10(2)20)17(4)15(26-11(3)21)14(23)16(27-13)19(17)8-25-19/h5,12-16,22-23H,6-8H2,1-4H3/t12-,13+,14+,15+,16+,17?,18+,19?/m0/s1. The van der Waals surface area contributed by atoms with Gasteiger partial charge in [0.2, 0.25) is 0 Å². The molecule has 0 amide bonds. The molecule has 150 valence electrons. The van der Waals surface area contributed by atoms with Crippen molar-refractivity contribution in [2.45, 2.75) is 70.2 Å². The molecule has 0 aromatic heterocycles. The highest BCUT2D eigenvalue weighted by molar-refractivity contribution is 5.67. The largest absolute Gasteiger partial charge is 0.465 e. The van der Waals surface area contributed by atoms with Gasteiger partial charge in [-0.2, -0.15) is 0 Å². The lowest BCUT2D eigenvalue weighted by Crippen LogP contribution is -2.67. The third-order valence-electron chi connectivity index (χ3n) is 7.18. The molecule has 2 aliphatic carbocycles. The Kier molecular flexibility index (Phi) is 4.03. The number of aliphatic hydroxyl groups excluding tert-OH is 2. The molecule has 4 aliphatic rings. The van der Waals surface area contributed by atoms with Gasteiger partial charge < -0.3 is 29.2 Å². The van der Waals surface area contributed by atoms with Crippen molar-refractivity contribution in [1.82, 2.24) is 0 Å². The second-order valence-corrected chi connectivity index (χ2v) is 8.45. The maximum atomic E-state index is 11.8. The number of epoxide rings is 1. The molecule has 2 N–H and O–H groups in total. The summed E-state index contributed by atoms with van der Waals surface area (Å²) in [5.41, 5.74) is -1.91. The number of hydrogen-bond donors (Lipinski definition) is 2. The lowest BCUT2D eigenvalue weighted by molar-refractivity contribution is -0.239. The molecule has 2 aliphatic heterocycles. The zero-order valence-electron chi connectivity index (χ0n) is 15.9. The van der Waals surface area contributed by atoms with Crippen LogP contribution in [0.5, 0.6) is 0 Å². The Morgan fingerprint density at radius 3 is 2.52 bits per heavy atom. The topological polar surface area (TPSA) is 115 Å². The average Bonchev–Trinajstić information content (AvgIpc) is 3.36. The molecule has 0 radical (unpaired) electrons. The van der Waals surface area contributed by atoms with E-state index < -0.39 is 58.9 Å². The Bertz CT molecular complexity index is 712. The molecule has 2 unspecified atom stereocenters. The highest BCUT2D eigenvalue weighted by Crippen LogP contribution is 2.72. The third-order valence-corrected chi connectivity index (χ3v) is 7.18. The van der Waals surface area contributed by atoms with E-state index in [0.717, 1.165) is 5.57 Å². The first kappa shape index (κ1) is 18.9. The van der Waals surface area contributed by atoms with Crippen molar-refractivity contribution in [2.75, 3.05) is 13.2 Å². The van der Waals surface area contributed by atoms with E-state index in [-0.39, 0.29) is 13.0 Å². The molecule has 8 atom stereocenters. The Hall–Kier alpha value is -1.48. The van der Waals surface area contributed by atoms with Crippen LogP contribution < -0.4 is 0 Å². The molecule has 1 saturated carbocycles. The summed E-state index contributed by atoms with van der Waals surface area (Å²) in [6, 6.07) is 0. The predicted molar refractivity (Wildman–Crippen MR) is 90.5 cm³/mol. The first-order chi connectivity index (χ1) is 12.6. The molecule has 2 heterocycles. The molecule has 2 bridgehead atoms. The summed E-state index contributed by atoms with van der Waals surface area (Å²) < 4.78 is 23.1. The van der Waals surface area contributed by atoms with Crippen LogP contribution in [0.25, 0.3) is 0 Å². The van der Waals surface area contributed by atoms with Crippen LogP contribution in [0, 0.1) is 10.8 Å². The zero-order valence-corrected chi connectivity index (χ0v) is 15.9. The molecule has 0 aromatic rings. The van der Waals surface area contributed by atoms with E-state index in [1.54, 1.807) is 0 Å². The molecule has 4 rings (SSSR count). The van der Waals surface area contributed by atoms with Crippen molar-refractivity contribution < 1.29 is 38.7 Å². The van der Waals surface area contributed by atoms with E-state index in [9.17, 15) is 19.8 Å². The van der Waals surface area contributed by atoms with Crippen LogP contribution in [0.1, 0.15) is 34.1 Å². The summed E-state index contributed by atoms with van der Waals surface area (Å²) >= 11 is 0. The van der Waals surface area contributed by atoms with Crippen molar-refractivity contribution in [3.8, 4) is 0 Å². The summed E-state index contributed by atoms with van der Waals surface area (Å²) in [5.74, 6) is -0.978. The Morgan fingerprint density at radius 2 is 1.96 bits per heavy atom. The van der Waals surface area contributed by atoms with E-state index in [1.807, 2.05) is 19.9 Å². The quantitative estimate of drug-likeness (QED) is 0.401. The van der Waals surface area contributed by atoms with Crippen molar-refractivity contribution in [3.05, 3.63) is 11.6 Å². The lowest BCUT2D eigenvalue weighted by Gasteiger charge is -2.58. The van der Waals surface area contributed by atoms with Gasteiger partial charge in [-0.1, -0.05) is 13.0 Å². The van der Waals surface area contributed by atoms with E-state index >= 15 is 0 Å². The predicted octanol–water partition coefficient (Wildman–Crippen LogP) is 0.0957. The fourth-order valence-electron chi connectivity index (χ4n) is 5.60. The van der Waals surface area contributed by atoms with E-state index in [0.29, 0.717) is 6.61 Å². The Balaban J connectivity index is 1.88. The van der Waals surface area contributed by atoms with Crippen molar-refractivity contribution in [1.29, 1.82) is 0 Å². The maximum Gasteiger partial charge on any atom is 0.303 e. The summed E-state index contributed by atoms with van der Waals surface area (Å²) in [6.45, 7) is 6.61. The lowest BCUT2D eigenvalue weighted by atomic mass is 9.51. The Labute approximate surface area is 157 Å². The normalized spacial score (nSPS) is 50.0. The number of hydrogen-bond acceptors (Lipinski definition) is 8. The molecular weight excluding hydrogens is 356 g/mol. The van der Waals surface area contributed by atoms with Crippen molar-refractivity contribution in [2.24, 2.45) is 10.8 Å². The summed E-state index contributed by atoms with van der Waals surface area (Å²) in [4.78, 5) is 23.4. The van der Waals surface area contributed by atoms with E-state index in [2.05, 4.69) is 0 Å². The summed E-state index contributed by atoms with van der Waals surface area (Å²) in [7, 11) is 0. The molecule has 8 nitrogen and oxygen atoms in total. The van der Waals surface area contributed by atoms with Gasteiger partial charge in [0.25, 0.3) is 0 Å². The molecule has 0 aromatic carbocycles. The Morgan fingerprint density at radius 1 is 1.30 bits per heavy atom. The van der Waals surface area contributed by atoms with Crippen LogP contribution in [0.3, 0.4) is 0 Å². The van der Waals surface area contributed by atoms with Gasteiger partial charge in [-0.15, -0.1) is 0 Å². The van der Waals surface area contributed by atoms with Gasteiger partial charge in [0.05, 0.1) is 24.2 Å². The summed E-state index contributed by atoms with van der Waals surface area (Å²) in [5, 5.41) is 21.6. The minimum atomic E-state index is -1.08. The fourth-order valence-corrected chi connectivity index (χ4v) is 5.60. The zero-order chi connectivity index (χ0) is 19.8. The van der Waals surface area contributed by atoms with Crippen LogP contribution in [-0.2, 0) is 28.5 Å². The number of carbonyl (C=O) groups excluding carboxylic acids is 2. The molecule has 2 saturated heterocycles. The first-order valence-corrected chi connectivity index (χ1v) is 9.23. The van der Waals surface area contributed by atoms with Gasteiger partial charge in [0.15, 0.2) is 0 Å². The minimum absolute atomic E-state index is 0.0351. The molecule has 27 heavy (non-hydrogen) atoms. The van der Waals surface area contributed by atoms with E-state index in [1.165, 1.54) is 13.8 Å². The number of rotatable bonds is 3. The smallest absolute Gasteiger partial charge is 0.303 e. The van der Waals surface area contributed by atoms with Gasteiger partial charge in [0.1, 0.15) is 30.5 Å². The number of ether oxygens (including phenoxy) is 4. The van der Waals surface area contributed by atoms with Gasteiger partial charge in [0, 0.05) is 19.3 Å². The minimum Gasteiger partial charge on any atom is -0.465 e. The van der Waals surface area contributed by atoms with Crippen LogP contribution >= 0.6 is 0 Å². The third kappa shape index (κ3) is 2.24. The van der Waals surface area contributed by atoms with Gasteiger partial charge in [-0.25, -0.2) is 0 Å². The van der Waals surface area contributed by atoms with Crippen LogP contribution in [-0.4, -0.2) is 71.5 Å². The van der Waals surface area contributed by atoms with Gasteiger partial charge in [-0.3, -0.25) is 9.59 Å². The maximum absolute atomic E-state index is 11.8. The molecule has 1 spiro atoms. The van der Waals surface area contributed by atoms with Crippen LogP contribution in [0.4, 0.5) is 0 Å². The van der Waals surface area contributed by atoms with Crippen molar-refractivity contribution in [3.63, 3.8) is 0 Å². The number of esters is 2. The summed E-state index contributed by atoms with van der Waals surface area (Å²) in [6.07, 6.45) is -1.86. The molecular formula is C19H26O8. The van der Waals surface area contributed by atoms with Crippen LogP contribution in [0.2, 0.25) is 0 Å². The van der Waals surface area contributed by atoms with Crippen molar-refractivity contribution >= 4 is 11.9 Å². The average molecular weight is 382 g/mol. The van der Waals surface area contributed by atoms with Gasteiger partial charge in [-0.05, 0) is 18.9 Å². The highest BCUT2D eigenvalue weighted by atomic mass is 16.7. The monoisotopic (exact) mass is 382 g/mol. The number of carbonyl (C=O) groups is 2. The number of aliphatic hydroxyl groups is 2. The SMILES string of the molecule is CC(=O)OC[C@]12C[C@H](O)C(C)=C[C@H]1O[C@@H]1[C@H](O)[C@@H](OC(C)=O)C2(C)C12CO2. The fraction of sp³-hybridized carbons (Fsp3) is 0.789.